The van der Waals surface area contributed by atoms with Crippen molar-refractivity contribution in [2.45, 2.75) is 38.8 Å². The molecule has 2 aliphatic heterocycles. The van der Waals surface area contributed by atoms with Crippen molar-refractivity contribution in [2.75, 3.05) is 39.8 Å². The largest absolute Gasteiger partial charge is 0.504 e. The minimum atomic E-state index is 0. The molecule has 0 bridgehead atoms. The lowest BCUT2D eigenvalue weighted by molar-refractivity contribution is 0.249. The zero-order valence-electron chi connectivity index (χ0n) is 15.8. The number of benzene rings is 1. The maximum Gasteiger partial charge on any atom is 0.194 e. The molecule has 2 saturated heterocycles. The number of nitrogens with one attached hydrogen (secondary N) is 1. The molecule has 1 aromatic carbocycles. The normalized spacial score (nSPS) is 20.9. The Morgan fingerprint density at radius 2 is 2.08 bits per heavy atom. The van der Waals surface area contributed by atoms with Crippen molar-refractivity contribution in [2.24, 2.45) is 4.99 Å². The third-order valence-electron chi connectivity index (χ3n) is 5.11. The average molecular weight is 474 g/mol. The van der Waals surface area contributed by atoms with Crippen LogP contribution in [0.15, 0.2) is 23.2 Å². The predicted octanol–water partition coefficient (Wildman–Crippen LogP) is 2.65. The second-order valence-corrected chi connectivity index (χ2v) is 6.81. The highest BCUT2D eigenvalue weighted by Gasteiger charge is 2.30. The lowest BCUT2D eigenvalue weighted by Crippen LogP contribution is -2.42. The minimum absolute atomic E-state index is 0. The Morgan fingerprint density at radius 3 is 2.73 bits per heavy atom. The van der Waals surface area contributed by atoms with Gasteiger partial charge in [0, 0.05) is 25.7 Å². The maximum atomic E-state index is 9.92. The van der Waals surface area contributed by atoms with E-state index in [9.17, 15) is 5.11 Å². The van der Waals surface area contributed by atoms with E-state index in [1.165, 1.54) is 32.4 Å². The molecule has 1 aromatic rings. The van der Waals surface area contributed by atoms with Gasteiger partial charge >= 0.3 is 0 Å². The third-order valence-corrected chi connectivity index (χ3v) is 5.11. The molecule has 26 heavy (non-hydrogen) atoms. The Bertz CT molecular complexity index is 605. The van der Waals surface area contributed by atoms with Crippen LogP contribution in [0.5, 0.6) is 11.5 Å². The van der Waals surface area contributed by atoms with Crippen LogP contribution in [0.3, 0.4) is 0 Å². The van der Waals surface area contributed by atoms with Crippen molar-refractivity contribution < 1.29 is 9.84 Å². The quantitative estimate of drug-likeness (QED) is 0.391. The second kappa shape index (κ2) is 10.2. The molecule has 0 radical (unpaired) electrons. The Morgan fingerprint density at radius 1 is 1.31 bits per heavy atom. The van der Waals surface area contributed by atoms with Gasteiger partial charge in [-0.2, -0.15) is 0 Å². The molecule has 7 heteroatoms. The topological polar surface area (TPSA) is 60.3 Å². The third kappa shape index (κ3) is 5.16. The summed E-state index contributed by atoms with van der Waals surface area (Å²) >= 11 is 0. The maximum absolute atomic E-state index is 9.92. The number of rotatable bonds is 5. The molecule has 3 rings (SSSR count). The van der Waals surface area contributed by atoms with E-state index in [0.717, 1.165) is 31.2 Å². The first-order chi connectivity index (χ1) is 12.2. The first-order valence-electron chi connectivity index (χ1n) is 9.34. The van der Waals surface area contributed by atoms with Crippen molar-refractivity contribution in [3.63, 3.8) is 0 Å². The van der Waals surface area contributed by atoms with Gasteiger partial charge < -0.3 is 20.1 Å². The Kier molecular flexibility index (Phi) is 8.27. The summed E-state index contributed by atoms with van der Waals surface area (Å²) in [7, 11) is 1.56. The molecule has 1 atom stereocenters. The van der Waals surface area contributed by atoms with Crippen molar-refractivity contribution in [3.05, 3.63) is 23.8 Å². The molecular formula is C19H31IN4O2. The van der Waals surface area contributed by atoms with E-state index in [-0.39, 0.29) is 29.7 Å². The highest BCUT2D eigenvalue weighted by molar-refractivity contribution is 14.0. The fraction of sp³-hybridized carbons (Fsp3) is 0.632. The second-order valence-electron chi connectivity index (χ2n) is 6.81. The number of phenols is 1. The van der Waals surface area contributed by atoms with Gasteiger partial charge in [0.15, 0.2) is 17.5 Å². The van der Waals surface area contributed by atoms with E-state index in [0.29, 0.717) is 18.3 Å². The first kappa shape index (κ1) is 21.1. The van der Waals surface area contributed by atoms with E-state index < -0.39 is 0 Å². The van der Waals surface area contributed by atoms with Crippen molar-refractivity contribution in [1.82, 2.24) is 15.1 Å². The zero-order valence-corrected chi connectivity index (χ0v) is 18.1. The highest BCUT2D eigenvalue weighted by atomic mass is 127. The Hall–Kier alpha value is -1.22. The molecule has 2 aliphatic rings. The molecule has 1 unspecified atom stereocenters. The van der Waals surface area contributed by atoms with Gasteiger partial charge in [0.2, 0.25) is 0 Å². The summed E-state index contributed by atoms with van der Waals surface area (Å²) in [6.45, 7) is 8.11. The van der Waals surface area contributed by atoms with E-state index in [1.807, 2.05) is 6.07 Å². The van der Waals surface area contributed by atoms with Crippen LogP contribution in [-0.4, -0.2) is 66.7 Å². The smallest absolute Gasteiger partial charge is 0.194 e. The summed E-state index contributed by atoms with van der Waals surface area (Å²) in [6.07, 6.45) is 3.89. The standard InChI is InChI=1S/C19H30N4O2.HI/c1-3-20-19(21-13-15-6-7-18(25-2)17(24)12-15)23-11-8-16(14-23)22-9-4-5-10-22;/h6-7,12,16,24H,3-5,8-11,13-14H2,1-2H3,(H,20,21);1H. The molecular weight excluding hydrogens is 443 g/mol. The summed E-state index contributed by atoms with van der Waals surface area (Å²) in [4.78, 5) is 9.79. The first-order valence-corrected chi connectivity index (χ1v) is 9.34. The molecule has 0 saturated carbocycles. The van der Waals surface area contributed by atoms with Gasteiger partial charge in [0.1, 0.15) is 0 Å². The molecule has 0 aromatic heterocycles. The van der Waals surface area contributed by atoms with Crippen LogP contribution in [0.1, 0.15) is 31.7 Å². The fourth-order valence-electron chi connectivity index (χ4n) is 3.76. The lowest BCUT2D eigenvalue weighted by atomic mass is 10.2. The number of aliphatic imine (C=N–C) groups is 1. The Labute approximate surface area is 173 Å². The van der Waals surface area contributed by atoms with Gasteiger partial charge in [-0.1, -0.05) is 6.07 Å². The summed E-state index contributed by atoms with van der Waals surface area (Å²) in [5.74, 6) is 1.63. The number of nitrogens with zero attached hydrogens (tertiary/aromatic N) is 3. The summed E-state index contributed by atoms with van der Waals surface area (Å²) in [5.41, 5.74) is 0.976. The van der Waals surface area contributed by atoms with Gasteiger partial charge in [-0.05, 0) is 57.0 Å². The van der Waals surface area contributed by atoms with Crippen molar-refractivity contribution in [3.8, 4) is 11.5 Å². The van der Waals surface area contributed by atoms with Gasteiger partial charge in [-0.15, -0.1) is 24.0 Å². The zero-order chi connectivity index (χ0) is 17.6. The number of aromatic hydroxyl groups is 1. The highest BCUT2D eigenvalue weighted by Crippen LogP contribution is 2.26. The van der Waals surface area contributed by atoms with Crippen LogP contribution in [0.2, 0.25) is 0 Å². The molecule has 2 heterocycles. The van der Waals surface area contributed by atoms with Gasteiger partial charge in [-0.25, -0.2) is 4.99 Å². The molecule has 2 fully saturated rings. The monoisotopic (exact) mass is 474 g/mol. The fourth-order valence-corrected chi connectivity index (χ4v) is 3.76. The summed E-state index contributed by atoms with van der Waals surface area (Å²) < 4.78 is 5.09. The number of hydrogen-bond donors (Lipinski definition) is 2. The van der Waals surface area contributed by atoms with Crippen LogP contribution in [0.25, 0.3) is 0 Å². The molecule has 0 aliphatic carbocycles. The van der Waals surface area contributed by atoms with Crippen LogP contribution >= 0.6 is 24.0 Å². The number of phenolic OH excluding ortho intramolecular Hbond substituents is 1. The number of ether oxygens (including phenoxy) is 1. The summed E-state index contributed by atoms with van der Waals surface area (Å²) in [5, 5.41) is 13.3. The number of likely N-dealkylation sites (tertiary alicyclic amines) is 2. The van der Waals surface area contributed by atoms with Crippen LogP contribution in [0.4, 0.5) is 0 Å². The minimum Gasteiger partial charge on any atom is -0.504 e. The van der Waals surface area contributed by atoms with Crippen LogP contribution in [-0.2, 0) is 6.54 Å². The lowest BCUT2D eigenvalue weighted by Gasteiger charge is -2.25. The van der Waals surface area contributed by atoms with Gasteiger partial charge in [0.05, 0.1) is 13.7 Å². The number of methoxy groups -OCH3 is 1. The van der Waals surface area contributed by atoms with Gasteiger partial charge in [0.25, 0.3) is 0 Å². The van der Waals surface area contributed by atoms with Crippen molar-refractivity contribution >= 4 is 29.9 Å². The predicted molar refractivity (Wildman–Crippen MR) is 116 cm³/mol. The van der Waals surface area contributed by atoms with E-state index in [2.05, 4.69) is 22.0 Å². The molecule has 6 nitrogen and oxygen atoms in total. The number of halogens is 1. The summed E-state index contributed by atoms with van der Waals surface area (Å²) in [6, 6.07) is 6.12. The van der Waals surface area contributed by atoms with Crippen LogP contribution < -0.4 is 10.1 Å². The van der Waals surface area contributed by atoms with Gasteiger partial charge in [-0.3, -0.25) is 4.90 Å². The van der Waals surface area contributed by atoms with Crippen molar-refractivity contribution in [1.29, 1.82) is 0 Å². The van der Waals surface area contributed by atoms with E-state index >= 15 is 0 Å². The molecule has 0 spiro atoms. The number of guanidine groups is 1. The average Bonchev–Trinajstić information content (AvgIpc) is 3.29. The SMILES string of the molecule is CCNC(=NCc1ccc(OC)c(O)c1)N1CCC(N2CCCC2)C1.I. The molecule has 0 amide bonds. The van der Waals surface area contributed by atoms with Crippen LogP contribution in [0, 0.1) is 0 Å². The Balaban J connectivity index is 0.00000243. The van der Waals surface area contributed by atoms with E-state index in [4.69, 9.17) is 9.73 Å². The molecule has 146 valence electrons. The molecule has 2 N–H and O–H groups in total. The number of hydrogen-bond acceptors (Lipinski definition) is 4. The van der Waals surface area contributed by atoms with E-state index in [1.54, 1.807) is 19.2 Å².